The summed E-state index contributed by atoms with van der Waals surface area (Å²) in [4.78, 5) is 27.7. The van der Waals surface area contributed by atoms with Crippen molar-refractivity contribution in [2.75, 3.05) is 11.9 Å². The van der Waals surface area contributed by atoms with Gasteiger partial charge in [0.05, 0.1) is 15.1 Å². The lowest BCUT2D eigenvalue weighted by Gasteiger charge is -2.10. The van der Waals surface area contributed by atoms with Crippen LogP contribution < -0.4 is 5.32 Å². The number of nitrogens with one attached hydrogen (secondary N) is 1. The Bertz CT molecular complexity index is 809. The van der Waals surface area contributed by atoms with E-state index in [1.807, 2.05) is 32.0 Å². The lowest BCUT2D eigenvalue weighted by Crippen LogP contribution is -2.22. The van der Waals surface area contributed by atoms with E-state index in [0.717, 1.165) is 11.1 Å². The van der Waals surface area contributed by atoms with Crippen molar-refractivity contribution in [2.24, 2.45) is 0 Å². The van der Waals surface area contributed by atoms with Crippen LogP contribution in [-0.4, -0.2) is 23.5 Å². The molecule has 1 N–H and O–H groups in total. The maximum absolute atomic E-state index is 12.0. The highest BCUT2D eigenvalue weighted by atomic mass is 35.5. The highest BCUT2D eigenvalue weighted by Crippen LogP contribution is 2.31. The molecule has 0 aliphatic rings. The summed E-state index contributed by atoms with van der Waals surface area (Å²) in [5.74, 6) is -1.34. The van der Waals surface area contributed by atoms with Crippen LogP contribution in [0.1, 0.15) is 21.6 Å². The van der Waals surface area contributed by atoms with Crippen LogP contribution in [0.5, 0.6) is 0 Å². The Morgan fingerprint density at radius 1 is 1.17 bits per heavy atom. The first kappa shape index (κ1) is 18.5. The second-order valence-corrected chi connectivity index (χ2v) is 6.19. The fourth-order valence-electron chi connectivity index (χ4n) is 1.84. The highest BCUT2D eigenvalue weighted by molar-refractivity contribution is 6.48. The third-order valence-electron chi connectivity index (χ3n) is 3.11. The van der Waals surface area contributed by atoms with E-state index in [-0.39, 0.29) is 20.8 Å². The second kappa shape index (κ2) is 7.83. The summed E-state index contributed by atoms with van der Waals surface area (Å²) in [6.45, 7) is 3.29. The van der Waals surface area contributed by atoms with Crippen LogP contribution in [0.2, 0.25) is 15.1 Å². The quantitative estimate of drug-likeness (QED) is 0.787. The monoisotopic (exact) mass is 386 g/mol. The largest absolute Gasteiger partial charge is 0.451 e. The van der Waals surface area contributed by atoms with E-state index in [2.05, 4.69) is 10.3 Å². The number of hydrogen-bond donors (Lipinski definition) is 1. The molecule has 0 radical (unpaired) electrons. The molecule has 2 rings (SSSR count). The summed E-state index contributed by atoms with van der Waals surface area (Å²) in [7, 11) is 0. The SMILES string of the molecule is Cc1ccc(C)c(NC(=O)COC(=O)c2ncc(Cl)c(Cl)c2Cl)c1. The number of hydrogen-bond acceptors (Lipinski definition) is 4. The normalized spacial score (nSPS) is 10.4. The molecule has 0 saturated carbocycles. The molecule has 1 amide bonds. The van der Waals surface area contributed by atoms with Gasteiger partial charge in [-0.25, -0.2) is 9.78 Å². The predicted octanol–water partition coefficient (Wildman–Crippen LogP) is 4.45. The molecular weight excluding hydrogens is 375 g/mol. The molecule has 0 aliphatic carbocycles. The maximum atomic E-state index is 12.0. The molecule has 0 fully saturated rings. The topological polar surface area (TPSA) is 68.3 Å². The number of benzene rings is 1. The average Bonchev–Trinajstić information content (AvgIpc) is 2.54. The Morgan fingerprint density at radius 2 is 1.88 bits per heavy atom. The number of nitrogens with zero attached hydrogens (tertiary/aromatic N) is 1. The molecule has 1 aromatic carbocycles. The van der Waals surface area contributed by atoms with Crippen molar-refractivity contribution in [2.45, 2.75) is 13.8 Å². The van der Waals surface area contributed by atoms with E-state index in [1.54, 1.807) is 0 Å². The number of ether oxygens (including phenoxy) is 1. The van der Waals surface area contributed by atoms with Gasteiger partial charge in [-0.15, -0.1) is 0 Å². The molecule has 1 heterocycles. The van der Waals surface area contributed by atoms with Gasteiger partial charge in [-0.05, 0) is 31.0 Å². The van der Waals surface area contributed by atoms with Crippen molar-refractivity contribution in [1.82, 2.24) is 4.98 Å². The van der Waals surface area contributed by atoms with E-state index in [4.69, 9.17) is 39.5 Å². The molecule has 2 aromatic rings. The molecule has 0 atom stereocenters. The Morgan fingerprint density at radius 3 is 2.58 bits per heavy atom. The lowest BCUT2D eigenvalue weighted by atomic mass is 10.1. The van der Waals surface area contributed by atoms with Crippen LogP contribution in [0.15, 0.2) is 24.4 Å². The predicted molar refractivity (Wildman–Crippen MR) is 94.1 cm³/mol. The fourth-order valence-corrected chi connectivity index (χ4v) is 2.40. The van der Waals surface area contributed by atoms with E-state index >= 15 is 0 Å². The zero-order chi connectivity index (χ0) is 17.9. The number of pyridine rings is 1. The Balaban J connectivity index is 2.00. The average molecular weight is 388 g/mol. The first-order valence-electron chi connectivity index (χ1n) is 6.83. The van der Waals surface area contributed by atoms with Crippen molar-refractivity contribution >= 4 is 52.4 Å². The highest BCUT2D eigenvalue weighted by Gasteiger charge is 2.19. The van der Waals surface area contributed by atoms with Gasteiger partial charge in [-0.1, -0.05) is 46.9 Å². The van der Waals surface area contributed by atoms with E-state index in [9.17, 15) is 9.59 Å². The van der Waals surface area contributed by atoms with Crippen LogP contribution in [0.25, 0.3) is 0 Å². The minimum atomic E-state index is -0.866. The third kappa shape index (κ3) is 4.38. The van der Waals surface area contributed by atoms with Gasteiger partial charge in [0.2, 0.25) is 0 Å². The van der Waals surface area contributed by atoms with Crippen LogP contribution in [-0.2, 0) is 9.53 Å². The minimum absolute atomic E-state index is 0.000112. The summed E-state index contributed by atoms with van der Waals surface area (Å²) in [6, 6.07) is 5.64. The number of rotatable bonds is 4. The van der Waals surface area contributed by atoms with Crippen molar-refractivity contribution in [3.05, 3.63) is 56.3 Å². The maximum Gasteiger partial charge on any atom is 0.359 e. The van der Waals surface area contributed by atoms with Crippen LogP contribution in [0, 0.1) is 13.8 Å². The zero-order valence-corrected chi connectivity index (χ0v) is 15.1. The summed E-state index contributed by atoms with van der Waals surface area (Å²) in [5.41, 5.74) is 2.35. The smallest absolute Gasteiger partial charge is 0.359 e. The van der Waals surface area contributed by atoms with Crippen molar-refractivity contribution in [3.8, 4) is 0 Å². The molecule has 8 heteroatoms. The number of aromatic nitrogens is 1. The van der Waals surface area contributed by atoms with Crippen molar-refractivity contribution in [1.29, 1.82) is 0 Å². The Labute approximate surface area is 153 Å². The zero-order valence-electron chi connectivity index (χ0n) is 12.8. The van der Waals surface area contributed by atoms with Gasteiger partial charge in [-0.2, -0.15) is 0 Å². The van der Waals surface area contributed by atoms with Gasteiger partial charge in [0.25, 0.3) is 5.91 Å². The fraction of sp³-hybridized carbons (Fsp3) is 0.188. The molecule has 5 nitrogen and oxygen atoms in total. The standard InChI is InChI=1S/C16H13Cl3N2O3/c1-8-3-4-9(2)11(5-8)21-12(22)7-24-16(23)15-14(19)13(18)10(17)6-20-15/h3-6H,7H2,1-2H3,(H,21,22). The number of esters is 1. The second-order valence-electron chi connectivity index (χ2n) is 5.03. The minimum Gasteiger partial charge on any atom is -0.451 e. The van der Waals surface area contributed by atoms with Gasteiger partial charge in [0.15, 0.2) is 12.3 Å². The molecule has 0 saturated heterocycles. The number of aryl methyl sites for hydroxylation is 2. The lowest BCUT2D eigenvalue weighted by molar-refractivity contribution is -0.119. The summed E-state index contributed by atoms with van der Waals surface area (Å²) >= 11 is 17.5. The van der Waals surface area contributed by atoms with Gasteiger partial charge in [0, 0.05) is 11.9 Å². The van der Waals surface area contributed by atoms with Crippen molar-refractivity contribution in [3.63, 3.8) is 0 Å². The van der Waals surface area contributed by atoms with Crippen LogP contribution >= 0.6 is 34.8 Å². The number of carbonyl (C=O) groups is 2. The summed E-state index contributed by atoms with van der Waals surface area (Å²) < 4.78 is 4.91. The Hall–Kier alpha value is -1.82. The van der Waals surface area contributed by atoms with Crippen LogP contribution in [0.4, 0.5) is 5.69 Å². The molecule has 1 aromatic heterocycles. The van der Waals surface area contributed by atoms with Gasteiger partial charge >= 0.3 is 5.97 Å². The molecule has 0 spiro atoms. The number of carbonyl (C=O) groups excluding carboxylic acids is 2. The van der Waals surface area contributed by atoms with Crippen LogP contribution in [0.3, 0.4) is 0 Å². The molecule has 0 aliphatic heterocycles. The Kier molecular flexibility index (Phi) is 6.04. The molecule has 126 valence electrons. The third-order valence-corrected chi connectivity index (χ3v) is 4.35. The summed E-state index contributed by atoms with van der Waals surface area (Å²) in [6.07, 6.45) is 1.18. The number of anilines is 1. The van der Waals surface area contributed by atoms with Crippen molar-refractivity contribution < 1.29 is 14.3 Å². The molecular formula is C16H13Cl3N2O3. The number of amides is 1. The van der Waals surface area contributed by atoms with Gasteiger partial charge in [-0.3, -0.25) is 4.79 Å². The first-order chi connectivity index (χ1) is 11.3. The van der Waals surface area contributed by atoms with E-state index < -0.39 is 18.5 Å². The molecule has 0 bridgehead atoms. The van der Waals surface area contributed by atoms with E-state index in [0.29, 0.717) is 5.69 Å². The van der Waals surface area contributed by atoms with Gasteiger partial charge in [0.1, 0.15) is 0 Å². The number of halogens is 3. The van der Waals surface area contributed by atoms with E-state index in [1.165, 1.54) is 6.20 Å². The van der Waals surface area contributed by atoms with Gasteiger partial charge < -0.3 is 10.1 Å². The first-order valence-corrected chi connectivity index (χ1v) is 7.96. The molecule has 0 unspecified atom stereocenters. The summed E-state index contributed by atoms with van der Waals surface area (Å²) in [5, 5.41) is 2.67. The molecule has 24 heavy (non-hydrogen) atoms.